The second-order valence-corrected chi connectivity index (χ2v) is 8.30. The molecule has 0 aromatic heterocycles. The van der Waals surface area contributed by atoms with E-state index in [9.17, 15) is 9.59 Å². The molecule has 0 radical (unpaired) electrons. The summed E-state index contributed by atoms with van der Waals surface area (Å²) in [6, 6.07) is 0. The molecule has 0 aliphatic heterocycles. The first-order chi connectivity index (χ1) is 9.31. The van der Waals surface area contributed by atoms with Crippen molar-refractivity contribution >= 4 is 22.7 Å². The Kier molecular flexibility index (Phi) is 4.78. The zero-order valence-electron chi connectivity index (χ0n) is 12.9. The lowest BCUT2D eigenvalue weighted by Crippen LogP contribution is -2.44. The Morgan fingerprint density at radius 1 is 1.35 bits per heavy atom. The van der Waals surface area contributed by atoms with Gasteiger partial charge in [0.2, 0.25) is 0 Å². The van der Waals surface area contributed by atoms with Gasteiger partial charge >= 0.3 is 0 Å². The fourth-order valence-electron chi connectivity index (χ4n) is 3.87. The Balaban J connectivity index is 2.05. The molecule has 3 atom stereocenters. The monoisotopic (exact) mass is 294 g/mol. The third-order valence-electron chi connectivity index (χ3n) is 5.22. The van der Waals surface area contributed by atoms with Crippen LogP contribution in [0.4, 0.5) is 0 Å². The van der Waals surface area contributed by atoms with Gasteiger partial charge in [0, 0.05) is 25.0 Å². The molecule has 0 N–H and O–H groups in total. The number of fused-ring (bicyclic) bond motifs is 1. The van der Waals surface area contributed by atoms with E-state index in [0.29, 0.717) is 35.2 Å². The van der Waals surface area contributed by atoms with Crippen LogP contribution < -0.4 is 0 Å². The normalized spacial score (nSPS) is 33.5. The van der Waals surface area contributed by atoms with Gasteiger partial charge in [0.1, 0.15) is 5.78 Å². The number of Topliss-reactive ketones (excluding diaryl/α,β-unsaturated/α-hetero) is 1. The highest BCUT2D eigenvalue weighted by atomic mass is 32.2. The Bertz CT molecular complexity index is 425. The van der Waals surface area contributed by atoms with Crippen molar-refractivity contribution in [2.24, 2.45) is 23.2 Å². The zero-order chi connectivity index (χ0) is 14.9. The van der Waals surface area contributed by atoms with Crippen molar-refractivity contribution in [3.05, 3.63) is 12.2 Å². The maximum Gasteiger partial charge on any atom is 0.185 e. The van der Waals surface area contributed by atoms with Crippen molar-refractivity contribution < 1.29 is 9.59 Å². The molecule has 0 amide bonds. The van der Waals surface area contributed by atoms with Crippen molar-refractivity contribution in [2.75, 3.05) is 5.75 Å². The molecule has 3 heteroatoms. The number of ketones is 1. The average Bonchev–Trinajstić information content (AvgIpc) is 2.40. The number of carbonyl (C=O) groups is 2. The van der Waals surface area contributed by atoms with Crippen LogP contribution in [0.25, 0.3) is 0 Å². The summed E-state index contributed by atoms with van der Waals surface area (Å²) in [6.45, 7) is 10.5. The van der Waals surface area contributed by atoms with Crippen LogP contribution in [-0.2, 0) is 9.59 Å². The molecular formula is C17H26O2S. The molecule has 20 heavy (non-hydrogen) atoms. The maximum absolute atomic E-state index is 12.3. The number of allylic oxidation sites excluding steroid dienone is 1. The minimum atomic E-state index is 0.0619. The van der Waals surface area contributed by atoms with Crippen LogP contribution in [0, 0.1) is 23.2 Å². The number of rotatable bonds is 2. The molecule has 2 nitrogen and oxygen atoms in total. The van der Waals surface area contributed by atoms with E-state index in [1.54, 1.807) is 6.92 Å². The molecule has 2 rings (SSSR count). The van der Waals surface area contributed by atoms with Gasteiger partial charge in [-0.15, -0.1) is 0 Å². The van der Waals surface area contributed by atoms with Gasteiger partial charge in [0.15, 0.2) is 5.12 Å². The second kappa shape index (κ2) is 6.05. The van der Waals surface area contributed by atoms with Crippen LogP contribution in [0.3, 0.4) is 0 Å². The summed E-state index contributed by atoms with van der Waals surface area (Å²) < 4.78 is 0. The van der Waals surface area contributed by atoms with Gasteiger partial charge in [0.25, 0.3) is 0 Å². The number of hydrogen-bond donors (Lipinski definition) is 0. The van der Waals surface area contributed by atoms with Crippen LogP contribution in [0.2, 0.25) is 0 Å². The van der Waals surface area contributed by atoms with Crippen molar-refractivity contribution in [1.29, 1.82) is 0 Å². The predicted octanol–water partition coefficient (Wildman–Crippen LogP) is 4.24. The molecule has 0 heterocycles. The first-order valence-electron chi connectivity index (χ1n) is 7.65. The molecule has 0 aromatic carbocycles. The van der Waals surface area contributed by atoms with E-state index in [1.165, 1.54) is 23.8 Å². The molecule has 0 unspecified atom stereocenters. The van der Waals surface area contributed by atoms with Crippen LogP contribution in [0.5, 0.6) is 0 Å². The van der Waals surface area contributed by atoms with Gasteiger partial charge in [-0.05, 0) is 42.9 Å². The van der Waals surface area contributed by atoms with Crippen LogP contribution >= 0.6 is 11.8 Å². The molecule has 112 valence electrons. The molecule has 2 saturated carbocycles. The standard InChI is InChI=1S/C17H26O2S/c1-11-5-8-16(19)13(10-20-12(2)18)6-7-15-14(11)9-17(15,3)4/h13-15H,1,5-10H2,2-4H3/t13-,14-,15-/m1/s1. The Morgan fingerprint density at radius 3 is 2.65 bits per heavy atom. The number of thioether (sulfide) groups is 1. The average molecular weight is 294 g/mol. The van der Waals surface area contributed by atoms with Crippen molar-refractivity contribution in [3.63, 3.8) is 0 Å². The van der Waals surface area contributed by atoms with Crippen molar-refractivity contribution in [2.45, 2.75) is 52.9 Å². The topological polar surface area (TPSA) is 34.1 Å². The van der Waals surface area contributed by atoms with Gasteiger partial charge in [-0.1, -0.05) is 37.8 Å². The van der Waals surface area contributed by atoms with E-state index in [1.807, 2.05) is 0 Å². The minimum absolute atomic E-state index is 0.0619. The lowest BCUT2D eigenvalue weighted by molar-refractivity contribution is -0.122. The molecule has 2 aliphatic rings. The molecule has 2 fully saturated rings. The van der Waals surface area contributed by atoms with Crippen LogP contribution in [-0.4, -0.2) is 16.7 Å². The summed E-state index contributed by atoms with van der Waals surface area (Å²) in [5.74, 6) is 2.35. The fourth-order valence-corrected chi connectivity index (χ4v) is 4.66. The number of carbonyl (C=O) groups excluding carboxylic acids is 2. The van der Waals surface area contributed by atoms with Gasteiger partial charge in [-0.2, -0.15) is 0 Å². The van der Waals surface area contributed by atoms with E-state index in [2.05, 4.69) is 20.4 Å². The van der Waals surface area contributed by atoms with E-state index < -0.39 is 0 Å². The van der Waals surface area contributed by atoms with E-state index in [4.69, 9.17) is 0 Å². The molecule has 0 spiro atoms. The van der Waals surface area contributed by atoms with E-state index in [-0.39, 0.29) is 11.0 Å². The van der Waals surface area contributed by atoms with Gasteiger partial charge in [-0.3, -0.25) is 9.59 Å². The Labute approximate surface area is 126 Å². The van der Waals surface area contributed by atoms with Gasteiger partial charge in [0.05, 0.1) is 0 Å². The highest BCUT2D eigenvalue weighted by Gasteiger charge is 2.48. The Hall–Kier alpha value is -0.570. The molecular weight excluding hydrogens is 268 g/mol. The first kappa shape index (κ1) is 15.8. The summed E-state index contributed by atoms with van der Waals surface area (Å²) in [6.07, 6.45) is 4.73. The third-order valence-corrected chi connectivity index (χ3v) is 6.20. The second-order valence-electron chi connectivity index (χ2n) is 7.11. The molecule has 2 aliphatic carbocycles. The summed E-state index contributed by atoms with van der Waals surface area (Å²) in [5.41, 5.74) is 1.67. The third kappa shape index (κ3) is 3.36. The Morgan fingerprint density at radius 2 is 2.05 bits per heavy atom. The highest BCUT2D eigenvalue weighted by molar-refractivity contribution is 8.13. The van der Waals surface area contributed by atoms with Crippen LogP contribution in [0.1, 0.15) is 52.9 Å². The quantitative estimate of drug-likeness (QED) is 0.714. The minimum Gasteiger partial charge on any atom is -0.299 e. The summed E-state index contributed by atoms with van der Waals surface area (Å²) in [5, 5.41) is 0.115. The van der Waals surface area contributed by atoms with Gasteiger partial charge < -0.3 is 0 Å². The smallest absolute Gasteiger partial charge is 0.185 e. The lowest BCUT2D eigenvalue weighted by atomic mass is 9.52. The largest absolute Gasteiger partial charge is 0.299 e. The lowest BCUT2D eigenvalue weighted by Gasteiger charge is -2.53. The molecule has 0 aromatic rings. The predicted molar refractivity (Wildman–Crippen MR) is 84.6 cm³/mol. The summed E-state index contributed by atoms with van der Waals surface area (Å²) in [4.78, 5) is 23.4. The van der Waals surface area contributed by atoms with Gasteiger partial charge in [-0.25, -0.2) is 0 Å². The van der Waals surface area contributed by atoms with Crippen molar-refractivity contribution in [3.8, 4) is 0 Å². The first-order valence-corrected chi connectivity index (χ1v) is 8.63. The summed E-state index contributed by atoms with van der Waals surface area (Å²) in [7, 11) is 0. The van der Waals surface area contributed by atoms with E-state index >= 15 is 0 Å². The number of hydrogen-bond acceptors (Lipinski definition) is 3. The zero-order valence-corrected chi connectivity index (χ0v) is 13.7. The van der Waals surface area contributed by atoms with Crippen molar-refractivity contribution in [1.82, 2.24) is 0 Å². The highest BCUT2D eigenvalue weighted by Crippen LogP contribution is 2.56. The summed E-state index contributed by atoms with van der Waals surface area (Å²) >= 11 is 1.30. The SMILES string of the molecule is C=C1CCC(=O)[C@@H](CSC(C)=O)CC[C@@H]2[C@@H]1CC2(C)C. The van der Waals surface area contributed by atoms with Crippen LogP contribution in [0.15, 0.2) is 12.2 Å². The molecule has 0 bridgehead atoms. The molecule has 0 saturated heterocycles. The maximum atomic E-state index is 12.3. The van der Waals surface area contributed by atoms with E-state index in [0.717, 1.165) is 19.3 Å². The fraction of sp³-hybridized carbons (Fsp3) is 0.765.